The minimum absolute atomic E-state index is 0.00366. The fraction of sp³-hybridized carbons (Fsp3) is 0.696. The van der Waals surface area contributed by atoms with E-state index < -0.39 is 35.0 Å². The molecule has 5 aliphatic heterocycles. The third-order valence-corrected chi connectivity index (χ3v) is 7.53. The summed E-state index contributed by atoms with van der Waals surface area (Å²) in [6.45, 7) is 6.19. The van der Waals surface area contributed by atoms with Crippen molar-refractivity contribution in [3.05, 3.63) is 24.3 Å². The molecule has 10 heteroatoms. The fourth-order valence-corrected chi connectivity index (χ4v) is 6.04. The zero-order valence-corrected chi connectivity index (χ0v) is 18.9. The number of carbonyl (C=O) groups excluding carboxylic acids is 3. The normalized spacial score (nSPS) is 38.6. The second-order valence-electron chi connectivity index (χ2n) is 9.43. The van der Waals surface area contributed by atoms with Gasteiger partial charge in [-0.2, -0.15) is 0 Å². The predicted molar refractivity (Wildman–Crippen MR) is 115 cm³/mol. The summed E-state index contributed by atoms with van der Waals surface area (Å²) in [5, 5.41) is 9.67. The topological polar surface area (TPSA) is 109 Å². The molecule has 5 atom stereocenters. The molecule has 33 heavy (non-hydrogen) atoms. The van der Waals surface area contributed by atoms with Gasteiger partial charge in [0.15, 0.2) is 0 Å². The minimum Gasteiger partial charge on any atom is -0.461 e. The predicted octanol–water partition coefficient (Wildman–Crippen LogP) is -1.21. The van der Waals surface area contributed by atoms with Crippen LogP contribution in [0.4, 0.5) is 0 Å². The van der Waals surface area contributed by atoms with E-state index in [9.17, 15) is 19.5 Å². The van der Waals surface area contributed by atoms with Gasteiger partial charge in [0.25, 0.3) is 0 Å². The molecule has 0 radical (unpaired) electrons. The van der Waals surface area contributed by atoms with Crippen molar-refractivity contribution in [3.8, 4) is 0 Å². The molecule has 1 N–H and O–H groups in total. The highest BCUT2D eigenvalue weighted by Gasteiger charge is 2.74. The molecule has 0 aromatic carbocycles. The molecule has 2 amide bonds. The Hall–Kier alpha value is -2.27. The molecule has 5 rings (SSSR count). The molecule has 3 saturated heterocycles. The molecule has 0 bridgehead atoms. The van der Waals surface area contributed by atoms with Crippen LogP contribution in [0.2, 0.25) is 0 Å². The quantitative estimate of drug-likeness (QED) is 0.402. The van der Waals surface area contributed by atoms with Crippen molar-refractivity contribution in [1.82, 2.24) is 14.7 Å². The van der Waals surface area contributed by atoms with E-state index in [1.54, 1.807) is 30.1 Å². The molecule has 0 aromatic rings. The molecule has 0 aliphatic carbocycles. The van der Waals surface area contributed by atoms with Crippen LogP contribution < -0.4 is 0 Å². The maximum atomic E-state index is 13.9. The number of esters is 1. The highest BCUT2D eigenvalue weighted by Crippen LogP contribution is 2.57. The van der Waals surface area contributed by atoms with Crippen LogP contribution in [0, 0.1) is 11.8 Å². The maximum Gasteiger partial charge on any atom is 0.313 e. The molecule has 180 valence electrons. The van der Waals surface area contributed by atoms with Crippen LogP contribution in [0.5, 0.6) is 0 Å². The van der Waals surface area contributed by atoms with Crippen molar-refractivity contribution in [1.29, 1.82) is 0 Å². The number of hydrogen-bond donors (Lipinski definition) is 1. The fourth-order valence-electron chi connectivity index (χ4n) is 6.04. The third-order valence-electron chi connectivity index (χ3n) is 7.53. The number of amides is 2. The lowest BCUT2D eigenvalue weighted by molar-refractivity contribution is -0.158. The first-order chi connectivity index (χ1) is 15.9. The van der Waals surface area contributed by atoms with E-state index in [-0.39, 0.29) is 31.6 Å². The van der Waals surface area contributed by atoms with Crippen LogP contribution in [0.3, 0.4) is 0 Å². The number of hydrogen-bond acceptors (Lipinski definition) is 8. The van der Waals surface area contributed by atoms with Gasteiger partial charge >= 0.3 is 5.97 Å². The molecular weight excluding hydrogens is 430 g/mol. The number of likely N-dealkylation sites (tertiary alicyclic amines) is 1. The Morgan fingerprint density at radius 1 is 1.03 bits per heavy atom. The molecule has 1 unspecified atom stereocenters. The second kappa shape index (κ2) is 8.50. The first kappa shape index (κ1) is 22.5. The van der Waals surface area contributed by atoms with Gasteiger partial charge in [0.2, 0.25) is 11.8 Å². The van der Waals surface area contributed by atoms with Gasteiger partial charge in [-0.25, -0.2) is 0 Å². The smallest absolute Gasteiger partial charge is 0.313 e. The zero-order chi connectivity index (χ0) is 23.2. The molecule has 1 spiro atoms. The van der Waals surface area contributed by atoms with Gasteiger partial charge in [-0.05, 0) is 13.0 Å². The lowest BCUT2D eigenvalue weighted by Gasteiger charge is -2.37. The molecule has 0 saturated carbocycles. The van der Waals surface area contributed by atoms with E-state index in [1.807, 2.05) is 6.08 Å². The maximum absolute atomic E-state index is 13.9. The number of rotatable bonds is 5. The van der Waals surface area contributed by atoms with Crippen LogP contribution in [0.15, 0.2) is 24.3 Å². The Kier molecular flexibility index (Phi) is 5.80. The van der Waals surface area contributed by atoms with Gasteiger partial charge in [-0.15, -0.1) is 0 Å². The largest absolute Gasteiger partial charge is 0.461 e. The monoisotopic (exact) mass is 461 g/mol. The summed E-state index contributed by atoms with van der Waals surface area (Å²) in [5.41, 5.74) is -2.36. The van der Waals surface area contributed by atoms with E-state index in [2.05, 4.69) is 4.90 Å². The van der Waals surface area contributed by atoms with Crippen LogP contribution in [-0.2, 0) is 28.6 Å². The average Bonchev–Trinajstić information content (AvgIpc) is 3.05. The van der Waals surface area contributed by atoms with E-state index >= 15 is 0 Å². The zero-order valence-electron chi connectivity index (χ0n) is 18.9. The van der Waals surface area contributed by atoms with Gasteiger partial charge in [-0.3, -0.25) is 19.3 Å². The van der Waals surface area contributed by atoms with E-state index in [1.165, 1.54) is 4.90 Å². The summed E-state index contributed by atoms with van der Waals surface area (Å²) >= 11 is 0. The first-order valence-electron chi connectivity index (χ1n) is 11.6. The van der Waals surface area contributed by atoms with Crippen molar-refractivity contribution < 1.29 is 33.7 Å². The molecule has 3 fully saturated rings. The summed E-state index contributed by atoms with van der Waals surface area (Å²) in [6, 6.07) is -0.949. The average molecular weight is 462 g/mol. The van der Waals surface area contributed by atoms with E-state index in [4.69, 9.17) is 14.2 Å². The number of aliphatic hydroxyl groups excluding tert-OH is 1. The number of β-amino-alcohol motifs (C(OH)–C–C–N with tert-alkyl or cyclic N) is 1. The van der Waals surface area contributed by atoms with Crippen LogP contribution in [0.1, 0.15) is 6.92 Å². The van der Waals surface area contributed by atoms with Gasteiger partial charge in [0.05, 0.1) is 31.3 Å². The molecular formula is C23H31N3O7. The summed E-state index contributed by atoms with van der Waals surface area (Å²) < 4.78 is 17.3. The van der Waals surface area contributed by atoms with Crippen LogP contribution >= 0.6 is 0 Å². The lowest BCUT2D eigenvalue weighted by atomic mass is 9.75. The SMILES string of the molecule is C[C@]12C=CCOC(=O)[C@H]1[C@H]1C(=O)N(CCO)C3C(=O)N(CCN4CCOCC4)CC=C[C@@]31O2. The van der Waals surface area contributed by atoms with E-state index in [0.717, 1.165) is 13.1 Å². The Morgan fingerprint density at radius 3 is 2.58 bits per heavy atom. The second-order valence-corrected chi connectivity index (χ2v) is 9.43. The van der Waals surface area contributed by atoms with Gasteiger partial charge in [0.1, 0.15) is 24.2 Å². The number of cyclic esters (lactones) is 1. The first-order valence-corrected chi connectivity index (χ1v) is 11.6. The Morgan fingerprint density at radius 2 is 1.82 bits per heavy atom. The number of ether oxygens (including phenoxy) is 3. The van der Waals surface area contributed by atoms with Gasteiger partial charge in [-0.1, -0.05) is 18.2 Å². The van der Waals surface area contributed by atoms with Crippen molar-refractivity contribution in [2.45, 2.75) is 24.2 Å². The summed E-state index contributed by atoms with van der Waals surface area (Å²) in [4.78, 5) is 45.8. The van der Waals surface area contributed by atoms with E-state index in [0.29, 0.717) is 32.8 Å². The lowest BCUT2D eigenvalue weighted by Crippen LogP contribution is -2.57. The van der Waals surface area contributed by atoms with Crippen LogP contribution in [0.25, 0.3) is 0 Å². The van der Waals surface area contributed by atoms with Crippen molar-refractivity contribution in [3.63, 3.8) is 0 Å². The Labute approximate surface area is 192 Å². The number of morpholine rings is 1. The highest BCUT2D eigenvalue weighted by atomic mass is 16.6. The molecule has 5 aliphatic rings. The number of nitrogens with zero attached hydrogens (tertiary/aromatic N) is 3. The van der Waals surface area contributed by atoms with Gasteiger partial charge < -0.3 is 29.1 Å². The molecule has 5 heterocycles. The van der Waals surface area contributed by atoms with Crippen molar-refractivity contribution in [2.24, 2.45) is 11.8 Å². The van der Waals surface area contributed by atoms with Crippen molar-refractivity contribution >= 4 is 17.8 Å². The van der Waals surface area contributed by atoms with Gasteiger partial charge in [0, 0.05) is 39.3 Å². The summed E-state index contributed by atoms with van der Waals surface area (Å²) in [6.07, 6.45) is 7.15. The highest BCUT2D eigenvalue weighted by molar-refractivity contribution is 5.99. The molecule has 0 aromatic heterocycles. The standard InChI is InChI=1S/C23H31N3O7/c1-22-4-3-13-32-21(30)17(22)16-19(28)26(9-12-27)18-20(29)25(6-2-5-23(16,18)33-22)8-7-24-10-14-31-15-11-24/h2-5,16-18,27H,6-15H2,1H3/t16-,17+,18?,22-,23-/m0/s1. The minimum atomic E-state index is -1.29. The number of aliphatic hydroxyl groups is 1. The summed E-state index contributed by atoms with van der Waals surface area (Å²) in [5.74, 6) is -2.85. The Balaban J connectivity index is 1.48. The molecule has 10 nitrogen and oxygen atoms in total. The Bertz CT molecular complexity index is 885. The number of carbonyl (C=O) groups is 3. The van der Waals surface area contributed by atoms with Crippen molar-refractivity contribution in [2.75, 3.05) is 65.7 Å². The van der Waals surface area contributed by atoms with Crippen LogP contribution in [-0.4, -0.2) is 121 Å². The third kappa shape index (κ3) is 3.51. The summed E-state index contributed by atoms with van der Waals surface area (Å²) in [7, 11) is 0. The number of fused-ring (bicyclic) bond motifs is 2.